The van der Waals surface area contributed by atoms with Crippen molar-refractivity contribution in [1.29, 1.82) is 0 Å². The van der Waals surface area contributed by atoms with Gasteiger partial charge in [-0.25, -0.2) is 0 Å². The lowest BCUT2D eigenvalue weighted by Crippen LogP contribution is -2.16. The highest BCUT2D eigenvalue weighted by molar-refractivity contribution is 5.69. The Hall–Kier alpha value is -1.51. The number of ether oxygens (including phenoxy) is 1. The Morgan fingerprint density at radius 3 is 2.61 bits per heavy atom. The molecule has 0 spiro atoms. The molecule has 1 aromatic carbocycles. The minimum absolute atomic E-state index is 0.0641. The minimum atomic E-state index is -0.209. The molecule has 0 saturated heterocycles. The Kier molecular flexibility index (Phi) is 4.76. The first-order valence-electron chi connectivity index (χ1n) is 6.30. The van der Waals surface area contributed by atoms with Crippen LogP contribution in [-0.4, -0.2) is 18.2 Å². The number of methoxy groups -OCH3 is 1. The van der Waals surface area contributed by atoms with Crippen molar-refractivity contribution in [3.8, 4) is 5.75 Å². The lowest BCUT2D eigenvalue weighted by molar-refractivity contribution is -0.140. The average molecular weight is 250 g/mol. The third-order valence-corrected chi connectivity index (χ3v) is 3.52. The van der Waals surface area contributed by atoms with Crippen molar-refractivity contribution >= 4 is 5.97 Å². The van der Waals surface area contributed by atoms with Gasteiger partial charge in [-0.15, -0.1) is 0 Å². The molecule has 0 unspecified atom stereocenters. The largest absolute Gasteiger partial charge is 0.508 e. The molecule has 0 radical (unpaired) electrons. The summed E-state index contributed by atoms with van der Waals surface area (Å²) in [6, 6.07) is 5.55. The summed E-state index contributed by atoms with van der Waals surface area (Å²) in [6.07, 6.45) is 1.95. The normalized spacial score (nSPS) is 11.3. The second kappa shape index (κ2) is 5.89. The molecule has 0 heterocycles. The van der Waals surface area contributed by atoms with Gasteiger partial charge in [0.2, 0.25) is 0 Å². The monoisotopic (exact) mass is 250 g/mol. The Labute approximate surface area is 109 Å². The second-order valence-corrected chi connectivity index (χ2v) is 5.17. The maximum atomic E-state index is 11.1. The highest BCUT2D eigenvalue weighted by Crippen LogP contribution is 2.34. The first-order valence-corrected chi connectivity index (χ1v) is 6.30. The van der Waals surface area contributed by atoms with Crippen LogP contribution in [0.25, 0.3) is 0 Å². The van der Waals surface area contributed by atoms with E-state index in [9.17, 15) is 9.90 Å². The summed E-state index contributed by atoms with van der Waals surface area (Å²) in [6.45, 7) is 6.30. The molecule has 0 aromatic heterocycles. The fourth-order valence-corrected chi connectivity index (χ4v) is 1.82. The zero-order valence-electron chi connectivity index (χ0n) is 11.6. The van der Waals surface area contributed by atoms with Crippen molar-refractivity contribution in [1.82, 2.24) is 0 Å². The smallest absolute Gasteiger partial charge is 0.305 e. The van der Waals surface area contributed by atoms with E-state index in [1.807, 2.05) is 12.1 Å². The van der Waals surface area contributed by atoms with Crippen LogP contribution in [0.1, 0.15) is 44.7 Å². The van der Waals surface area contributed by atoms with E-state index in [0.717, 1.165) is 17.5 Å². The lowest BCUT2D eigenvalue weighted by atomic mass is 9.81. The van der Waals surface area contributed by atoms with Gasteiger partial charge in [-0.1, -0.05) is 32.9 Å². The maximum Gasteiger partial charge on any atom is 0.305 e. The summed E-state index contributed by atoms with van der Waals surface area (Å²) in [5.74, 6) is 0.114. The van der Waals surface area contributed by atoms with Crippen LogP contribution in [0.15, 0.2) is 18.2 Å². The topological polar surface area (TPSA) is 46.5 Å². The van der Waals surface area contributed by atoms with Crippen molar-refractivity contribution < 1.29 is 14.6 Å². The molecule has 0 aliphatic heterocycles. The lowest BCUT2D eigenvalue weighted by Gasteiger charge is -2.25. The van der Waals surface area contributed by atoms with Gasteiger partial charge in [0, 0.05) is 6.42 Å². The molecule has 1 rings (SSSR count). The Bertz CT molecular complexity index is 422. The van der Waals surface area contributed by atoms with Crippen LogP contribution in [0.4, 0.5) is 0 Å². The highest BCUT2D eigenvalue weighted by atomic mass is 16.5. The Morgan fingerprint density at radius 2 is 2.06 bits per heavy atom. The Morgan fingerprint density at radius 1 is 1.39 bits per heavy atom. The van der Waals surface area contributed by atoms with Crippen molar-refractivity contribution in [2.45, 2.75) is 45.4 Å². The molecule has 0 aliphatic rings. The van der Waals surface area contributed by atoms with Crippen LogP contribution in [-0.2, 0) is 21.4 Å². The molecule has 3 nitrogen and oxygen atoms in total. The number of carbonyl (C=O) groups excluding carboxylic acids is 1. The first-order chi connectivity index (χ1) is 8.40. The summed E-state index contributed by atoms with van der Waals surface area (Å²) in [4.78, 5) is 11.1. The molecular formula is C15H22O3. The van der Waals surface area contributed by atoms with Crippen molar-refractivity contribution in [2.24, 2.45) is 0 Å². The molecule has 18 heavy (non-hydrogen) atoms. The minimum Gasteiger partial charge on any atom is -0.508 e. The van der Waals surface area contributed by atoms with Crippen molar-refractivity contribution in [3.05, 3.63) is 29.3 Å². The van der Waals surface area contributed by atoms with Crippen LogP contribution < -0.4 is 0 Å². The van der Waals surface area contributed by atoms with Gasteiger partial charge >= 0.3 is 5.97 Å². The maximum absolute atomic E-state index is 11.1. The number of carbonyl (C=O) groups is 1. The fourth-order valence-electron chi connectivity index (χ4n) is 1.82. The fraction of sp³-hybridized carbons (Fsp3) is 0.533. The van der Waals surface area contributed by atoms with Gasteiger partial charge in [-0.05, 0) is 35.4 Å². The van der Waals surface area contributed by atoms with E-state index in [0.29, 0.717) is 18.6 Å². The molecular weight excluding hydrogens is 228 g/mol. The standard InChI is InChI=1S/C15H22O3/c1-5-15(2,3)12-10-11(6-8-13(12)16)7-9-14(17)18-4/h6,8,10,16H,5,7,9H2,1-4H3. The molecule has 100 valence electrons. The highest BCUT2D eigenvalue weighted by Gasteiger charge is 2.22. The first kappa shape index (κ1) is 14.6. The predicted molar refractivity (Wildman–Crippen MR) is 71.8 cm³/mol. The third kappa shape index (κ3) is 3.49. The second-order valence-electron chi connectivity index (χ2n) is 5.17. The third-order valence-electron chi connectivity index (χ3n) is 3.52. The number of phenols is 1. The molecule has 3 heteroatoms. The molecule has 1 N–H and O–H groups in total. The van der Waals surface area contributed by atoms with Crippen molar-refractivity contribution in [2.75, 3.05) is 7.11 Å². The van der Waals surface area contributed by atoms with E-state index in [1.165, 1.54) is 7.11 Å². The number of hydrogen-bond acceptors (Lipinski definition) is 3. The van der Waals surface area contributed by atoms with Crippen LogP contribution in [0.2, 0.25) is 0 Å². The molecule has 0 aliphatic carbocycles. The number of phenolic OH excluding ortho intramolecular Hbond substituents is 1. The summed E-state index contributed by atoms with van der Waals surface area (Å²) in [7, 11) is 1.39. The van der Waals surface area contributed by atoms with Gasteiger partial charge < -0.3 is 9.84 Å². The number of rotatable bonds is 5. The van der Waals surface area contributed by atoms with E-state index in [1.54, 1.807) is 6.07 Å². The van der Waals surface area contributed by atoms with Gasteiger partial charge in [-0.2, -0.15) is 0 Å². The zero-order valence-corrected chi connectivity index (χ0v) is 11.6. The van der Waals surface area contributed by atoms with Gasteiger partial charge in [0.15, 0.2) is 0 Å². The summed E-state index contributed by atoms with van der Waals surface area (Å²) in [5, 5.41) is 9.93. The number of benzene rings is 1. The van der Waals surface area contributed by atoms with E-state index < -0.39 is 0 Å². The van der Waals surface area contributed by atoms with Crippen molar-refractivity contribution in [3.63, 3.8) is 0 Å². The molecule has 0 fully saturated rings. The SMILES string of the molecule is CCC(C)(C)c1cc(CCC(=O)OC)ccc1O. The van der Waals surface area contributed by atoms with Crippen LogP contribution in [0, 0.1) is 0 Å². The number of esters is 1. The molecule has 0 atom stereocenters. The van der Waals surface area contributed by atoms with E-state index in [2.05, 4.69) is 25.5 Å². The van der Waals surface area contributed by atoms with Crippen LogP contribution in [0.5, 0.6) is 5.75 Å². The number of hydrogen-bond donors (Lipinski definition) is 1. The van der Waals surface area contributed by atoms with Gasteiger partial charge in [0.25, 0.3) is 0 Å². The molecule has 0 bridgehead atoms. The van der Waals surface area contributed by atoms with Gasteiger partial charge in [0.05, 0.1) is 7.11 Å². The van der Waals surface area contributed by atoms with E-state index >= 15 is 0 Å². The van der Waals surface area contributed by atoms with E-state index in [4.69, 9.17) is 0 Å². The number of aryl methyl sites for hydroxylation is 1. The summed E-state index contributed by atoms with van der Waals surface area (Å²) >= 11 is 0. The zero-order chi connectivity index (χ0) is 13.8. The average Bonchev–Trinajstić information content (AvgIpc) is 2.37. The number of aromatic hydroxyl groups is 1. The molecule has 0 amide bonds. The molecule has 1 aromatic rings. The summed E-state index contributed by atoms with van der Waals surface area (Å²) < 4.78 is 4.63. The predicted octanol–water partition coefficient (Wildman–Crippen LogP) is 3.19. The van der Waals surface area contributed by atoms with Crippen LogP contribution in [0.3, 0.4) is 0 Å². The summed E-state index contributed by atoms with van der Waals surface area (Å²) in [5.41, 5.74) is 1.92. The van der Waals surface area contributed by atoms with Gasteiger partial charge in [0.1, 0.15) is 5.75 Å². The van der Waals surface area contributed by atoms with Gasteiger partial charge in [-0.3, -0.25) is 4.79 Å². The van der Waals surface area contributed by atoms with Crippen LogP contribution >= 0.6 is 0 Å². The Balaban J connectivity index is 2.91. The molecule has 0 saturated carbocycles. The quantitative estimate of drug-likeness (QED) is 0.816. The van der Waals surface area contributed by atoms with E-state index in [-0.39, 0.29) is 11.4 Å².